The molecule has 0 atom stereocenters. The van der Waals surface area contributed by atoms with Gasteiger partial charge in [-0.25, -0.2) is 8.42 Å². The lowest BCUT2D eigenvalue weighted by molar-refractivity contribution is -0.119. The van der Waals surface area contributed by atoms with Crippen LogP contribution < -0.4 is 9.62 Å². The summed E-state index contributed by atoms with van der Waals surface area (Å²) >= 11 is 7.76. The number of carbonyl (C=O) groups excluding carboxylic acids is 1. The van der Waals surface area contributed by atoms with Crippen LogP contribution in [0.3, 0.4) is 0 Å². The van der Waals surface area contributed by atoms with Crippen LogP contribution in [0.4, 0.5) is 5.69 Å². The van der Waals surface area contributed by atoms with E-state index in [1.165, 1.54) is 9.87 Å². The normalized spacial score (nSPS) is 11.4. The van der Waals surface area contributed by atoms with Crippen LogP contribution in [0.25, 0.3) is 10.8 Å². The number of fused-ring (bicyclic) bond motifs is 1. The Kier molecular flexibility index (Phi) is 8.23. The third-order valence-electron chi connectivity index (χ3n) is 4.67. The van der Waals surface area contributed by atoms with E-state index < -0.39 is 10.0 Å². The second-order valence-electron chi connectivity index (χ2n) is 7.15. The summed E-state index contributed by atoms with van der Waals surface area (Å²) in [6.45, 7) is 0.247. The van der Waals surface area contributed by atoms with Gasteiger partial charge in [-0.3, -0.25) is 9.10 Å². The van der Waals surface area contributed by atoms with Crippen LogP contribution in [0.2, 0.25) is 5.02 Å². The number of nitrogens with one attached hydrogen (secondary N) is 1. The maximum Gasteiger partial charge on any atom is 0.240 e. The van der Waals surface area contributed by atoms with Crippen molar-refractivity contribution in [3.8, 4) is 0 Å². The number of anilines is 1. The molecule has 3 aromatic carbocycles. The summed E-state index contributed by atoms with van der Waals surface area (Å²) in [4.78, 5) is 12.5. The van der Waals surface area contributed by atoms with Gasteiger partial charge in [0.2, 0.25) is 15.9 Å². The number of carbonyl (C=O) groups is 1. The van der Waals surface area contributed by atoms with Crippen LogP contribution in [0.15, 0.2) is 66.7 Å². The second-order valence-corrected chi connectivity index (χ2v) is 10.6. The Morgan fingerprint density at radius 3 is 2.58 bits per heavy atom. The summed E-state index contributed by atoms with van der Waals surface area (Å²) in [6, 6.07) is 20.7. The van der Waals surface area contributed by atoms with Crippen LogP contribution in [-0.2, 0) is 20.6 Å². The number of nitrogens with zero attached hydrogens (tertiary/aromatic N) is 1. The van der Waals surface area contributed by atoms with Crippen molar-refractivity contribution in [1.82, 2.24) is 5.32 Å². The van der Waals surface area contributed by atoms with Crippen molar-refractivity contribution in [2.75, 3.05) is 29.4 Å². The smallest absolute Gasteiger partial charge is 0.240 e. The maximum atomic E-state index is 12.5. The molecule has 0 saturated carbocycles. The topological polar surface area (TPSA) is 66.5 Å². The molecule has 0 aliphatic heterocycles. The maximum absolute atomic E-state index is 12.5. The summed E-state index contributed by atoms with van der Waals surface area (Å²) < 4.78 is 26.0. The van der Waals surface area contributed by atoms with Gasteiger partial charge in [0.05, 0.1) is 11.9 Å². The molecule has 1 amide bonds. The number of sulfonamides is 1. The van der Waals surface area contributed by atoms with Gasteiger partial charge < -0.3 is 5.32 Å². The summed E-state index contributed by atoms with van der Waals surface area (Å²) in [5.41, 5.74) is 1.67. The molecule has 0 aliphatic carbocycles. The molecule has 0 aliphatic rings. The van der Waals surface area contributed by atoms with E-state index in [1.807, 2.05) is 54.6 Å². The van der Waals surface area contributed by atoms with Crippen molar-refractivity contribution >= 4 is 55.8 Å². The fraction of sp³-hybridized carbons (Fsp3) is 0.261. The average molecular weight is 477 g/mol. The fourth-order valence-corrected chi connectivity index (χ4v) is 5.20. The SMILES string of the molecule is CS(=O)(=O)N(CC(=O)NCCCSCc1cccc(Cl)c1)c1cccc2ccccc12. The fourth-order valence-electron chi connectivity index (χ4n) is 3.21. The van der Waals surface area contributed by atoms with E-state index in [0.717, 1.165) is 40.0 Å². The van der Waals surface area contributed by atoms with Crippen molar-refractivity contribution in [3.05, 3.63) is 77.3 Å². The number of hydrogen-bond donors (Lipinski definition) is 1. The van der Waals surface area contributed by atoms with Crippen LogP contribution >= 0.6 is 23.4 Å². The van der Waals surface area contributed by atoms with E-state index in [-0.39, 0.29) is 12.5 Å². The lowest BCUT2D eigenvalue weighted by atomic mass is 10.1. The van der Waals surface area contributed by atoms with Crippen molar-refractivity contribution < 1.29 is 13.2 Å². The number of thioether (sulfide) groups is 1. The average Bonchev–Trinajstić information content (AvgIpc) is 2.73. The minimum Gasteiger partial charge on any atom is -0.354 e. The molecule has 3 aromatic rings. The highest BCUT2D eigenvalue weighted by molar-refractivity contribution is 7.98. The van der Waals surface area contributed by atoms with E-state index in [2.05, 4.69) is 5.32 Å². The molecule has 8 heteroatoms. The number of benzene rings is 3. The number of rotatable bonds is 10. The van der Waals surface area contributed by atoms with Crippen molar-refractivity contribution in [1.29, 1.82) is 0 Å². The Morgan fingerprint density at radius 1 is 1.06 bits per heavy atom. The van der Waals surface area contributed by atoms with Gasteiger partial charge in [0, 0.05) is 22.7 Å². The highest BCUT2D eigenvalue weighted by atomic mass is 35.5. The second kappa shape index (κ2) is 10.9. The van der Waals surface area contributed by atoms with Crippen LogP contribution in [0.5, 0.6) is 0 Å². The molecule has 0 bridgehead atoms. The standard InChI is InChI=1S/C23H25ClN2O3S2/c1-31(28,29)26(22-12-5-9-19-8-2-3-11-21(19)22)16-23(27)25-13-6-14-30-17-18-7-4-10-20(24)15-18/h2-5,7-12,15H,6,13-14,16-17H2,1H3,(H,25,27). The molecule has 0 saturated heterocycles. The molecule has 0 unspecified atom stereocenters. The van der Waals surface area contributed by atoms with Gasteiger partial charge in [0.15, 0.2) is 0 Å². The highest BCUT2D eigenvalue weighted by Gasteiger charge is 2.22. The van der Waals surface area contributed by atoms with E-state index >= 15 is 0 Å². The molecule has 5 nitrogen and oxygen atoms in total. The van der Waals surface area contributed by atoms with Gasteiger partial charge in [0.25, 0.3) is 0 Å². The molecular formula is C23H25ClN2O3S2. The molecular weight excluding hydrogens is 452 g/mol. The Morgan fingerprint density at radius 2 is 1.81 bits per heavy atom. The van der Waals surface area contributed by atoms with Crippen LogP contribution in [-0.4, -0.2) is 39.4 Å². The monoisotopic (exact) mass is 476 g/mol. The van der Waals surface area contributed by atoms with Crippen molar-refractivity contribution in [2.45, 2.75) is 12.2 Å². The van der Waals surface area contributed by atoms with E-state index in [0.29, 0.717) is 12.2 Å². The van der Waals surface area contributed by atoms with Gasteiger partial charge in [-0.05, 0) is 41.3 Å². The number of hydrogen-bond acceptors (Lipinski definition) is 4. The highest BCUT2D eigenvalue weighted by Crippen LogP contribution is 2.28. The first kappa shape index (κ1) is 23.4. The lowest BCUT2D eigenvalue weighted by Crippen LogP contribution is -2.40. The molecule has 164 valence electrons. The number of amides is 1. The zero-order valence-electron chi connectivity index (χ0n) is 17.3. The van der Waals surface area contributed by atoms with Gasteiger partial charge in [-0.1, -0.05) is 60.1 Å². The Hall–Kier alpha value is -2.22. The third-order valence-corrected chi connectivity index (χ3v) is 7.14. The van der Waals surface area contributed by atoms with Crippen LogP contribution in [0, 0.1) is 0 Å². The zero-order chi connectivity index (χ0) is 22.3. The van der Waals surface area contributed by atoms with E-state index in [1.54, 1.807) is 23.9 Å². The third kappa shape index (κ3) is 6.89. The largest absolute Gasteiger partial charge is 0.354 e. The van der Waals surface area contributed by atoms with Gasteiger partial charge in [0.1, 0.15) is 6.54 Å². The molecule has 3 rings (SSSR count). The first-order valence-electron chi connectivity index (χ1n) is 9.89. The molecule has 0 heterocycles. The minimum atomic E-state index is -3.62. The van der Waals surface area contributed by atoms with E-state index in [4.69, 9.17) is 11.6 Å². The van der Waals surface area contributed by atoms with Gasteiger partial charge in [-0.15, -0.1) is 0 Å². The quantitative estimate of drug-likeness (QED) is 0.431. The molecule has 0 radical (unpaired) electrons. The Labute approximate surface area is 192 Å². The van der Waals surface area contributed by atoms with Gasteiger partial charge in [-0.2, -0.15) is 11.8 Å². The minimum absolute atomic E-state index is 0.248. The summed E-state index contributed by atoms with van der Waals surface area (Å²) in [5.74, 6) is 1.42. The molecule has 0 aromatic heterocycles. The zero-order valence-corrected chi connectivity index (χ0v) is 19.6. The molecule has 0 fully saturated rings. The van der Waals surface area contributed by atoms with Crippen LogP contribution in [0.1, 0.15) is 12.0 Å². The molecule has 1 N–H and O–H groups in total. The predicted molar refractivity (Wildman–Crippen MR) is 131 cm³/mol. The summed E-state index contributed by atoms with van der Waals surface area (Å²) in [7, 11) is -3.62. The predicted octanol–water partition coefficient (Wildman–Crippen LogP) is 4.70. The first-order chi connectivity index (χ1) is 14.8. The summed E-state index contributed by atoms with van der Waals surface area (Å²) in [6.07, 6.45) is 1.92. The Balaban J connectivity index is 1.52. The van der Waals surface area contributed by atoms with Crippen molar-refractivity contribution in [3.63, 3.8) is 0 Å². The molecule has 0 spiro atoms. The summed E-state index contributed by atoms with van der Waals surface area (Å²) in [5, 5.41) is 5.27. The Bertz CT molecular complexity index is 1150. The first-order valence-corrected chi connectivity index (χ1v) is 13.3. The van der Waals surface area contributed by atoms with Crippen molar-refractivity contribution in [2.24, 2.45) is 0 Å². The van der Waals surface area contributed by atoms with Gasteiger partial charge >= 0.3 is 0 Å². The lowest BCUT2D eigenvalue weighted by Gasteiger charge is -2.23. The number of halogens is 1. The molecule has 31 heavy (non-hydrogen) atoms. The van der Waals surface area contributed by atoms with E-state index in [9.17, 15) is 13.2 Å².